The van der Waals surface area contributed by atoms with Crippen LogP contribution in [0.25, 0.3) is 0 Å². The summed E-state index contributed by atoms with van der Waals surface area (Å²) < 4.78 is 5.51. The van der Waals surface area contributed by atoms with Crippen molar-refractivity contribution in [3.63, 3.8) is 0 Å². The van der Waals surface area contributed by atoms with Crippen LogP contribution in [-0.4, -0.2) is 30.9 Å². The number of nitrogens with one attached hydrogen (secondary N) is 1. The van der Waals surface area contributed by atoms with Crippen LogP contribution in [0, 0.1) is 0 Å². The van der Waals surface area contributed by atoms with E-state index in [1.165, 1.54) is 13.3 Å². The highest BCUT2D eigenvalue weighted by molar-refractivity contribution is 5.84. The van der Waals surface area contributed by atoms with Gasteiger partial charge in [-0.2, -0.15) is 0 Å². The summed E-state index contributed by atoms with van der Waals surface area (Å²) in [6, 6.07) is 0. The van der Waals surface area contributed by atoms with Gasteiger partial charge in [0.1, 0.15) is 5.78 Å². The van der Waals surface area contributed by atoms with Crippen LogP contribution in [-0.2, 0) is 14.3 Å². The molecule has 0 aromatic carbocycles. The van der Waals surface area contributed by atoms with Crippen molar-refractivity contribution in [2.24, 2.45) is 0 Å². The molecular weight excluding hydrogens is 194 g/mol. The van der Waals surface area contributed by atoms with Gasteiger partial charge in [-0.05, 0) is 32.6 Å². The van der Waals surface area contributed by atoms with Crippen molar-refractivity contribution in [2.75, 3.05) is 13.2 Å². The molecule has 1 aliphatic heterocycles. The predicted octanol–water partition coefficient (Wildman–Crippen LogP) is 1.04. The van der Waals surface area contributed by atoms with Crippen LogP contribution in [0.2, 0.25) is 0 Å². The first-order valence-corrected chi connectivity index (χ1v) is 5.56. The van der Waals surface area contributed by atoms with Gasteiger partial charge in [-0.25, -0.2) is 0 Å². The highest BCUT2D eigenvalue weighted by Gasteiger charge is 2.15. The van der Waals surface area contributed by atoms with Crippen molar-refractivity contribution in [3.8, 4) is 0 Å². The summed E-state index contributed by atoms with van der Waals surface area (Å²) >= 11 is 0. The smallest absolute Gasteiger partial charge is 0.220 e. The van der Waals surface area contributed by atoms with E-state index < -0.39 is 0 Å². The SMILES string of the molecule is CC(=O)CNC(=O)CCC1CCCCO1. The molecule has 1 amide bonds. The molecule has 0 saturated carbocycles. The minimum Gasteiger partial charge on any atom is -0.378 e. The second-order valence-corrected chi connectivity index (χ2v) is 4.01. The Morgan fingerprint density at radius 1 is 1.40 bits per heavy atom. The van der Waals surface area contributed by atoms with Crippen molar-refractivity contribution in [2.45, 2.75) is 45.1 Å². The van der Waals surface area contributed by atoms with Crippen molar-refractivity contribution >= 4 is 11.7 Å². The number of Topliss-reactive ketones (excluding diaryl/α,β-unsaturated/α-hetero) is 1. The van der Waals surface area contributed by atoms with Gasteiger partial charge in [0, 0.05) is 13.0 Å². The van der Waals surface area contributed by atoms with Crippen LogP contribution >= 0.6 is 0 Å². The lowest BCUT2D eigenvalue weighted by atomic mass is 10.0. The van der Waals surface area contributed by atoms with Gasteiger partial charge >= 0.3 is 0 Å². The van der Waals surface area contributed by atoms with Crippen LogP contribution in [0.15, 0.2) is 0 Å². The summed E-state index contributed by atoms with van der Waals surface area (Å²) in [5.41, 5.74) is 0. The molecule has 1 fully saturated rings. The maximum atomic E-state index is 11.3. The summed E-state index contributed by atoms with van der Waals surface area (Å²) in [5.74, 6) is -0.0726. The Balaban J connectivity index is 2.07. The fourth-order valence-corrected chi connectivity index (χ4v) is 1.64. The molecule has 1 rings (SSSR count). The lowest BCUT2D eigenvalue weighted by Gasteiger charge is -2.22. The lowest BCUT2D eigenvalue weighted by molar-refractivity contribution is -0.125. The molecule has 0 bridgehead atoms. The number of ether oxygens (including phenoxy) is 1. The molecule has 4 heteroatoms. The zero-order valence-corrected chi connectivity index (χ0v) is 9.25. The number of amides is 1. The quantitative estimate of drug-likeness (QED) is 0.742. The highest BCUT2D eigenvalue weighted by atomic mass is 16.5. The maximum absolute atomic E-state index is 11.3. The van der Waals surface area contributed by atoms with Gasteiger partial charge < -0.3 is 10.1 Å². The van der Waals surface area contributed by atoms with Crippen molar-refractivity contribution < 1.29 is 14.3 Å². The number of hydrogen-bond acceptors (Lipinski definition) is 3. The second kappa shape index (κ2) is 6.56. The average Bonchev–Trinajstić information content (AvgIpc) is 2.25. The Kier molecular flexibility index (Phi) is 5.32. The Morgan fingerprint density at radius 3 is 2.80 bits per heavy atom. The van der Waals surface area contributed by atoms with Crippen LogP contribution in [0.5, 0.6) is 0 Å². The molecule has 0 aromatic rings. The Hall–Kier alpha value is -0.900. The molecular formula is C11H19NO3. The van der Waals surface area contributed by atoms with E-state index in [-0.39, 0.29) is 24.3 Å². The summed E-state index contributed by atoms with van der Waals surface area (Å²) in [6.45, 7) is 2.43. The first-order chi connectivity index (χ1) is 7.18. The first-order valence-electron chi connectivity index (χ1n) is 5.56. The molecule has 1 heterocycles. The average molecular weight is 213 g/mol. The summed E-state index contributed by atoms with van der Waals surface area (Å²) in [7, 11) is 0. The van der Waals surface area contributed by atoms with Crippen LogP contribution in [0.4, 0.5) is 0 Å². The summed E-state index contributed by atoms with van der Waals surface area (Å²) in [6.07, 6.45) is 4.84. The monoisotopic (exact) mass is 213 g/mol. The lowest BCUT2D eigenvalue weighted by Crippen LogP contribution is -2.29. The van der Waals surface area contributed by atoms with Crippen molar-refractivity contribution in [1.82, 2.24) is 5.32 Å². The van der Waals surface area contributed by atoms with E-state index in [1.54, 1.807) is 0 Å². The van der Waals surface area contributed by atoms with E-state index in [1.807, 2.05) is 0 Å². The zero-order valence-electron chi connectivity index (χ0n) is 9.25. The van der Waals surface area contributed by atoms with Gasteiger partial charge in [0.25, 0.3) is 0 Å². The fourth-order valence-electron chi connectivity index (χ4n) is 1.64. The number of ketones is 1. The van der Waals surface area contributed by atoms with E-state index in [9.17, 15) is 9.59 Å². The van der Waals surface area contributed by atoms with E-state index in [0.29, 0.717) is 6.42 Å². The maximum Gasteiger partial charge on any atom is 0.220 e. The summed E-state index contributed by atoms with van der Waals surface area (Å²) in [5, 5.41) is 2.58. The molecule has 0 spiro atoms. The topological polar surface area (TPSA) is 55.4 Å². The predicted molar refractivity (Wildman–Crippen MR) is 56.5 cm³/mol. The highest BCUT2D eigenvalue weighted by Crippen LogP contribution is 2.16. The molecule has 1 saturated heterocycles. The fraction of sp³-hybridized carbons (Fsp3) is 0.818. The zero-order chi connectivity index (χ0) is 11.1. The van der Waals surface area contributed by atoms with Gasteiger partial charge in [-0.1, -0.05) is 0 Å². The Labute approximate surface area is 90.4 Å². The first kappa shape index (κ1) is 12.2. The molecule has 1 atom stereocenters. The molecule has 1 aliphatic rings. The van der Waals surface area contributed by atoms with Gasteiger partial charge in [0.05, 0.1) is 12.6 Å². The number of hydrogen-bond donors (Lipinski definition) is 1. The molecule has 15 heavy (non-hydrogen) atoms. The standard InChI is InChI=1S/C11H19NO3/c1-9(13)8-12-11(14)6-5-10-4-2-3-7-15-10/h10H,2-8H2,1H3,(H,12,14). The largest absolute Gasteiger partial charge is 0.378 e. The second-order valence-electron chi connectivity index (χ2n) is 4.01. The summed E-state index contributed by atoms with van der Waals surface area (Å²) in [4.78, 5) is 21.9. The van der Waals surface area contributed by atoms with Crippen molar-refractivity contribution in [1.29, 1.82) is 0 Å². The third-order valence-corrected chi connectivity index (χ3v) is 2.50. The molecule has 0 aromatic heterocycles. The third-order valence-electron chi connectivity index (χ3n) is 2.50. The van der Waals surface area contributed by atoms with E-state index >= 15 is 0 Å². The van der Waals surface area contributed by atoms with E-state index in [0.717, 1.165) is 25.9 Å². The van der Waals surface area contributed by atoms with Crippen LogP contribution in [0.3, 0.4) is 0 Å². The van der Waals surface area contributed by atoms with E-state index in [4.69, 9.17) is 4.74 Å². The van der Waals surface area contributed by atoms with Gasteiger partial charge in [-0.3, -0.25) is 9.59 Å². The number of carbonyl (C=O) groups is 2. The minimum atomic E-state index is -0.0561. The molecule has 0 aliphatic carbocycles. The minimum absolute atomic E-state index is 0.0164. The molecule has 0 radical (unpaired) electrons. The number of carbonyl (C=O) groups excluding carboxylic acids is 2. The molecule has 1 unspecified atom stereocenters. The normalized spacial score (nSPS) is 21.0. The molecule has 1 N–H and O–H groups in total. The van der Waals surface area contributed by atoms with E-state index in [2.05, 4.69) is 5.32 Å². The van der Waals surface area contributed by atoms with Crippen LogP contribution < -0.4 is 5.32 Å². The van der Waals surface area contributed by atoms with Gasteiger partial charge in [0.15, 0.2) is 0 Å². The molecule has 4 nitrogen and oxygen atoms in total. The number of rotatable bonds is 5. The third kappa shape index (κ3) is 5.52. The van der Waals surface area contributed by atoms with Gasteiger partial charge in [-0.15, -0.1) is 0 Å². The van der Waals surface area contributed by atoms with Crippen LogP contribution in [0.1, 0.15) is 39.0 Å². The Morgan fingerprint density at radius 2 is 2.20 bits per heavy atom. The Bertz CT molecular complexity index is 222. The molecule has 86 valence electrons. The van der Waals surface area contributed by atoms with Crippen molar-refractivity contribution in [3.05, 3.63) is 0 Å². The van der Waals surface area contributed by atoms with Gasteiger partial charge in [0.2, 0.25) is 5.91 Å².